The number of carbonyl (C=O) groups excluding carboxylic acids is 2. The zero-order chi connectivity index (χ0) is 18.0. The monoisotopic (exact) mass is 337 g/mol. The molecule has 3 rings (SSSR count). The molecule has 1 aliphatic rings. The number of aromatic carboxylic acids is 1. The minimum Gasteiger partial charge on any atom is -0.545 e. The molecule has 0 spiro atoms. The zero-order valence-electron chi connectivity index (χ0n) is 14.5. The zero-order valence-corrected chi connectivity index (χ0v) is 14.5. The first-order chi connectivity index (χ1) is 12.0. The van der Waals surface area contributed by atoms with E-state index in [9.17, 15) is 14.7 Å². The largest absolute Gasteiger partial charge is 0.545 e. The second-order valence-corrected chi connectivity index (χ2v) is 6.40. The third kappa shape index (κ3) is 3.50. The van der Waals surface area contributed by atoms with E-state index in [1.807, 2.05) is 0 Å². The molecule has 1 amide bonds. The van der Waals surface area contributed by atoms with Gasteiger partial charge >= 0.3 is 0 Å². The lowest BCUT2D eigenvalue weighted by atomic mass is 10.1. The number of benzene rings is 2. The summed E-state index contributed by atoms with van der Waals surface area (Å²) in [7, 11) is 0. The Hall–Kier alpha value is -2.82. The van der Waals surface area contributed by atoms with E-state index < -0.39 is 5.97 Å². The highest BCUT2D eigenvalue weighted by molar-refractivity contribution is 6.04. The highest BCUT2D eigenvalue weighted by Gasteiger charge is 2.24. The Kier molecular flexibility index (Phi) is 4.74. The first-order valence-electron chi connectivity index (χ1n) is 8.39. The highest BCUT2D eigenvalue weighted by Crippen LogP contribution is 2.23. The molecule has 0 radical (unpaired) electrons. The molecule has 130 valence electrons. The van der Waals surface area contributed by atoms with Crippen molar-refractivity contribution in [2.75, 3.05) is 31.1 Å². The normalized spacial score (nSPS) is 14.5. The summed E-state index contributed by atoms with van der Waals surface area (Å²) in [5.41, 5.74) is 3.77. The van der Waals surface area contributed by atoms with Crippen LogP contribution >= 0.6 is 0 Å². The number of rotatable bonds is 3. The number of carbonyl (C=O) groups is 2. The average Bonchev–Trinajstić information content (AvgIpc) is 2.63. The third-order valence-electron chi connectivity index (χ3n) is 4.65. The van der Waals surface area contributed by atoms with Crippen molar-refractivity contribution in [3.05, 3.63) is 64.7 Å². The van der Waals surface area contributed by atoms with E-state index in [1.165, 1.54) is 22.9 Å². The fraction of sp³-hybridized carbons (Fsp3) is 0.300. The number of amides is 1. The Morgan fingerprint density at radius 3 is 2.20 bits per heavy atom. The van der Waals surface area contributed by atoms with Crippen molar-refractivity contribution in [1.29, 1.82) is 0 Å². The van der Waals surface area contributed by atoms with Gasteiger partial charge in [0.25, 0.3) is 5.91 Å². The molecule has 2 aromatic carbocycles. The molecule has 1 heterocycles. The summed E-state index contributed by atoms with van der Waals surface area (Å²) in [5, 5.41) is 11.2. The molecule has 2 aromatic rings. The highest BCUT2D eigenvalue weighted by atomic mass is 16.4. The number of carboxylic acids is 1. The summed E-state index contributed by atoms with van der Waals surface area (Å²) in [6, 6.07) is 12.6. The van der Waals surface area contributed by atoms with E-state index in [-0.39, 0.29) is 17.0 Å². The quantitative estimate of drug-likeness (QED) is 0.854. The molecule has 0 aromatic heterocycles. The first-order valence-corrected chi connectivity index (χ1v) is 8.39. The van der Waals surface area contributed by atoms with E-state index in [4.69, 9.17) is 0 Å². The summed E-state index contributed by atoms with van der Waals surface area (Å²) < 4.78 is 0. The van der Waals surface area contributed by atoms with Crippen LogP contribution in [0.1, 0.15) is 31.8 Å². The fourth-order valence-corrected chi connectivity index (χ4v) is 3.23. The van der Waals surface area contributed by atoms with Gasteiger partial charge in [-0.3, -0.25) is 4.79 Å². The number of piperazine rings is 1. The molecule has 1 fully saturated rings. The minimum atomic E-state index is -1.32. The van der Waals surface area contributed by atoms with Gasteiger partial charge in [0.15, 0.2) is 0 Å². The van der Waals surface area contributed by atoms with Crippen LogP contribution in [0.2, 0.25) is 0 Å². The Morgan fingerprint density at radius 1 is 0.920 bits per heavy atom. The van der Waals surface area contributed by atoms with E-state index >= 15 is 0 Å². The fourth-order valence-electron chi connectivity index (χ4n) is 3.23. The van der Waals surface area contributed by atoms with Gasteiger partial charge in [0.1, 0.15) is 0 Å². The lowest BCUT2D eigenvalue weighted by Crippen LogP contribution is -2.49. The number of hydrogen-bond acceptors (Lipinski definition) is 4. The summed E-state index contributed by atoms with van der Waals surface area (Å²) in [5.74, 6) is -1.57. The Labute approximate surface area is 147 Å². The van der Waals surface area contributed by atoms with Gasteiger partial charge in [-0.1, -0.05) is 30.3 Å². The second-order valence-electron chi connectivity index (χ2n) is 6.40. The third-order valence-corrected chi connectivity index (χ3v) is 4.65. The van der Waals surface area contributed by atoms with Gasteiger partial charge < -0.3 is 19.7 Å². The average molecular weight is 337 g/mol. The van der Waals surface area contributed by atoms with Crippen LogP contribution in [0.4, 0.5) is 5.69 Å². The number of aryl methyl sites for hydroxylation is 2. The smallest absolute Gasteiger partial charge is 0.254 e. The summed E-state index contributed by atoms with van der Waals surface area (Å²) in [6.45, 7) is 6.73. The predicted octanol–water partition coefficient (Wildman–Crippen LogP) is 1.63. The summed E-state index contributed by atoms with van der Waals surface area (Å²) >= 11 is 0. The lowest BCUT2D eigenvalue weighted by molar-refractivity contribution is -0.255. The van der Waals surface area contributed by atoms with Gasteiger partial charge in [-0.05, 0) is 37.1 Å². The number of carboxylic acid groups (broad SMARTS) is 1. The minimum absolute atomic E-state index is 0.0514. The van der Waals surface area contributed by atoms with Gasteiger partial charge in [0.05, 0.1) is 5.97 Å². The standard InChI is InChI=1S/C20H22N2O3/c1-14-7-8-15(2)18(13-14)21-9-11-22(12-10-21)19(23)16-5-3-4-6-17(16)20(24)25/h3-8,13H,9-12H2,1-2H3,(H,24,25)/p-1. The van der Waals surface area contributed by atoms with Gasteiger partial charge in [0, 0.05) is 43.0 Å². The summed E-state index contributed by atoms with van der Waals surface area (Å²) in [4.78, 5) is 27.9. The van der Waals surface area contributed by atoms with E-state index in [0.29, 0.717) is 13.1 Å². The van der Waals surface area contributed by atoms with Crippen LogP contribution in [0, 0.1) is 13.8 Å². The molecule has 0 atom stereocenters. The maximum Gasteiger partial charge on any atom is 0.254 e. The van der Waals surface area contributed by atoms with Crippen LogP contribution in [-0.4, -0.2) is 43.0 Å². The maximum atomic E-state index is 12.7. The van der Waals surface area contributed by atoms with E-state index in [1.54, 1.807) is 23.1 Å². The van der Waals surface area contributed by atoms with Crippen molar-refractivity contribution >= 4 is 17.6 Å². The molecular weight excluding hydrogens is 316 g/mol. The van der Waals surface area contributed by atoms with Crippen molar-refractivity contribution < 1.29 is 14.7 Å². The molecule has 5 heteroatoms. The van der Waals surface area contributed by atoms with Crippen molar-refractivity contribution in [3.8, 4) is 0 Å². The van der Waals surface area contributed by atoms with Crippen LogP contribution in [0.15, 0.2) is 42.5 Å². The Balaban J connectivity index is 1.73. The predicted molar refractivity (Wildman–Crippen MR) is 94.8 cm³/mol. The number of anilines is 1. The molecule has 0 aliphatic carbocycles. The first kappa shape index (κ1) is 17.0. The number of nitrogens with zero attached hydrogens (tertiary/aromatic N) is 2. The van der Waals surface area contributed by atoms with Gasteiger partial charge in [-0.25, -0.2) is 0 Å². The van der Waals surface area contributed by atoms with Gasteiger partial charge in [-0.2, -0.15) is 0 Å². The molecule has 1 aliphatic heterocycles. The van der Waals surface area contributed by atoms with Gasteiger partial charge in [0.2, 0.25) is 0 Å². The molecule has 0 bridgehead atoms. The topological polar surface area (TPSA) is 63.7 Å². The molecule has 1 saturated heterocycles. The van der Waals surface area contributed by atoms with Crippen molar-refractivity contribution in [1.82, 2.24) is 4.90 Å². The molecule has 25 heavy (non-hydrogen) atoms. The molecule has 0 unspecified atom stereocenters. The van der Waals surface area contributed by atoms with Crippen LogP contribution in [0.3, 0.4) is 0 Å². The van der Waals surface area contributed by atoms with E-state index in [0.717, 1.165) is 13.1 Å². The van der Waals surface area contributed by atoms with Crippen LogP contribution in [0.5, 0.6) is 0 Å². The Bertz CT molecular complexity index is 808. The SMILES string of the molecule is Cc1ccc(C)c(N2CCN(C(=O)c3ccccc3C(=O)[O-])CC2)c1. The van der Waals surface area contributed by atoms with Crippen LogP contribution in [0.25, 0.3) is 0 Å². The molecule has 0 N–H and O–H groups in total. The van der Waals surface area contributed by atoms with E-state index in [2.05, 4.69) is 36.9 Å². The van der Waals surface area contributed by atoms with Crippen LogP contribution in [-0.2, 0) is 0 Å². The second kappa shape index (κ2) is 6.97. The van der Waals surface area contributed by atoms with Crippen LogP contribution < -0.4 is 10.0 Å². The molecule has 5 nitrogen and oxygen atoms in total. The lowest BCUT2D eigenvalue weighted by Gasteiger charge is -2.37. The molecule has 0 saturated carbocycles. The van der Waals surface area contributed by atoms with Crippen molar-refractivity contribution in [2.45, 2.75) is 13.8 Å². The maximum absolute atomic E-state index is 12.7. The number of hydrogen-bond donors (Lipinski definition) is 0. The molecular formula is C20H21N2O3-. The van der Waals surface area contributed by atoms with Crippen molar-refractivity contribution in [2.24, 2.45) is 0 Å². The summed E-state index contributed by atoms with van der Waals surface area (Å²) in [6.07, 6.45) is 0. The van der Waals surface area contributed by atoms with Crippen molar-refractivity contribution in [3.63, 3.8) is 0 Å². The van der Waals surface area contributed by atoms with Gasteiger partial charge in [-0.15, -0.1) is 0 Å². The Morgan fingerprint density at radius 2 is 1.56 bits per heavy atom.